The van der Waals surface area contributed by atoms with Crippen molar-refractivity contribution in [2.45, 2.75) is 25.5 Å². The topological polar surface area (TPSA) is 109 Å². The van der Waals surface area contributed by atoms with E-state index >= 15 is 0 Å². The number of carbonyl (C=O) groups excluding carboxylic acids is 2. The number of amides is 3. The van der Waals surface area contributed by atoms with Crippen LogP contribution >= 0.6 is 11.3 Å². The Morgan fingerprint density at radius 2 is 1.70 bits per heavy atom. The van der Waals surface area contributed by atoms with Crippen molar-refractivity contribution in [1.82, 2.24) is 14.9 Å². The Labute approximate surface area is 258 Å². The zero-order valence-corrected chi connectivity index (χ0v) is 24.8. The van der Waals surface area contributed by atoms with Crippen molar-refractivity contribution in [3.8, 4) is 11.5 Å². The summed E-state index contributed by atoms with van der Waals surface area (Å²) in [4.78, 5) is 40.6. The molecule has 0 saturated carbocycles. The first-order valence-electron chi connectivity index (χ1n) is 14.4. The number of hydrogen-bond acceptors (Lipinski definition) is 8. The molecular formula is C33H30N6O4S. The average Bonchev–Trinajstić information content (AvgIpc) is 3.43. The van der Waals surface area contributed by atoms with Gasteiger partial charge in [-0.1, -0.05) is 30.3 Å². The minimum absolute atomic E-state index is 0.320. The number of methoxy groups -OCH3 is 1. The zero-order valence-electron chi connectivity index (χ0n) is 24.0. The van der Waals surface area contributed by atoms with Gasteiger partial charge in [-0.15, -0.1) is 11.3 Å². The van der Waals surface area contributed by atoms with E-state index in [0.29, 0.717) is 49.8 Å². The maximum atomic E-state index is 13.5. The fourth-order valence-corrected chi connectivity index (χ4v) is 6.58. The first-order valence-corrected chi connectivity index (χ1v) is 15.2. The Hall–Kier alpha value is -4.84. The number of nitrogens with one attached hydrogen (secondary N) is 2. The summed E-state index contributed by atoms with van der Waals surface area (Å²) in [5.41, 5.74) is 2.88. The second-order valence-electron chi connectivity index (χ2n) is 10.7. The van der Waals surface area contributed by atoms with Crippen LogP contribution in [0.25, 0.3) is 10.2 Å². The van der Waals surface area contributed by atoms with Crippen molar-refractivity contribution in [1.29, 1.82) is 0 Å². The third-order valence-electron chi connectivity index (χ3n) is 7.88. The van der Waals surface area contributed by atoms with Gasteiger partial charge in [0, 0.05) is 32.4 Å². The second-order valence-corrected chi connectivity index (χ2v) is 11.7. The van der Waals surface area contributed by atoms with E-state index < -0.39 is 6.03 Å². The lowest BCUT2D eigenvalue weighted by Crippen LogP contribution is -2.36. The van der Waals surface area contributed by atoms with Crippen LogP contribution in [-0.2, 0) is 11.3 Å². The summed E-state index contributed by atoms with van der Waals surface area (Å²) in [5.74, 6) is 1.45. The van der Waals surface area contributed by atoms with Crippen molar-refractivity contribution >= 4 is 56.4 Å². The summed E-state index contributed by atoms with van der Waals surface area (Å²) >= 11 is 1.22. The summed E-state index contributed by atoms with van der Waals surface area (Å²) in [7, 11) is 1.78. The average molecular weight is 607 g/mol. The van der Waals surface area contributed by atoms with Crippen LogP contribution in [0.3, 0.4) is 0 Å². The van der Waals surface area contributed by atoms with Crippen molar-refractivity contribution in [3.05, 3.63) is 95.6 Å². The Morgan fingerprint density at radius 1 is 0.977 bits per heavy atom. The van der Waals surface area contributed by atoms with Crippen molar-refractivity contribution < 1.29 is 19.1 Å². The van der Waals surface area contributed by atoms with Crippen LogP contribution in [0.15, 0.2) is 85.2 Å². The number of para-hydroxylation sites is 1. The highest BCUT2D eigenvalue weighted by atomic mass is 32.1. The Morgan fingerprint density at radius 3 is 2.43 bits per heavy atom. The molecule has 7 rings (SSSR count). The zero-order chi connectivity index (χ0) is 30.0. The molecule has 2 aliphatic heterocycles. The summed E-state index contributed by atoms with van der Waals surface area (Å²) in [6, 6.07) is 24.1. The largest absolute Gasteiger partial charge is 0.457 e. The molecule has 1 fully saturated rings. The number of likely N-dealkylation sites (tertiary alicyclic amines) is 1. The van der Waals surface area contributed by atoms with E-state index in [1.165, 1.54) is 28.1 Å². The van der Waals surface area contributed by atoms with Gasteiger partial charge in [0.05, 0.1) is 22.9 Å². The van der Waals surface area contributed by atoms with Crippen LogP contribution < -0.4 is 20.3 Å². The van der Waals surface area contributed by atoms with Gasteiger partial charge in [0.2, 0.25) is 0 Å². The summed E-state index contributed by atoms with van der Waals surface area (Å²) in [6.45, 7) is 2.87. The number of carbonyl (C=O) groups is 2. The van der Waals surface area contributed by atoms with Gasteiger partial charge in [0.15, 0.2) is 5.82 Å². The smallest absolute Gasteiger partial charge is 0.332 e. The number of aromatic nitrogens is 2. The van der Waals surface area contributed by atoms with Crippen LogP contribution in [-0.4, -0.2) is 53.1 Å². The molecule has 0 aliphatic carbocycles. The number of benzene rings is 3. The number of hydrogen-bond donors (Lipinski definition) is 2. The number of nitrogens with zero attached hydrogens (tertiary/aromatic N) is 4. The first kappa shape index (κ1) is 28.0. The van der Waals surface area contributed by atoms with E-state index in [1.807, 2.05) is 54.6 Å². The number of rotatable bonds is 8. The molecule has 2 N–H and O–H groups in total. The minimum atomic E-state index is -0.416. The van der Waals surface area contributed by atoms with Gasteiger partial charge < -0.3 is 20.1 Å². The predicted molar refractivity (Wildman–Crippen MR) is 171 cm³/mol. The molecule has 10 nitrogen and oxygen atoms in total. The molecule has 0 radical (unpaired) electrons. The third-order valence-corrected chi connectivity index (χ3v) is 8.98. The Kier molecular flexibility index (Phi) is 7.65. The molecule has 3 amide bonds. The number of ether oxygens (including phenoxy) is 2. The maximum Gasteiger partial charge on any atom is 0.332 e. The van der Waals surface area contributed by atoms with E-state index in [2.05, 4.69) is 25.5 Å². The highest BCUT2D eigenvalue weighted by Gasteiger charge is 2.34. The standard InChI is InChI=1S/C33H30N6O4S/c1-42-24-15-17-38(18-16-24)19-21-7-9-22(10-8-21)36-31(40)29-28-27-30(34-20-35-32(27)44-29)39(33(41)37-28)23-11-13-26(14-12-23)43-25-5-3-2-4-6-25/h2-14,20,24H,15-19H2,1H3,(H,36,40)(H,37,41). The van der Waals surface area contributed by atoms with Crippen molar-refractivity contribution in [2.24, 2.45) is 0 Å². The molecule has 3 aromatic carbocycles. The molecule has 1 saturated heterocycles. The quantitative estimate of drug-likeness (QED) is 0.195. The molecule has 0 atom stereocenters. The molecule has 0 bridgehead atoms. The predicted octanol–water partition coefficient (Wildman–Crippen LogP) is 7.03. The van der Waals surface area contributed by atoms with Gasteiger partial charge in [0.25, 0.3) is 5.91 Å². The monoisotopic (exact) mass is 606 g/mol. The summed E-state index contributed by atoms with van der Waals surface area (Å²) < 4.78 is 11.4. The highest BCUT2D eigenvalue weighted by molar-refractivity contribution is 7.21. The molecule has 44 heavy (non-hydrogen) atoms. The molecule has 0 unspecified atom stereocenters. The highest BCUT2D eigenvalue weighted by Crippen LogP contribution is 2.45. The third kappa shape index (κ3) is 5.60. The minimum Gasteiger partial charge on any atom is -0.457 e. The lowest BCUT2D eigenvalue weighted by molar-refractivity contribution is 0.0389. The van der Waals surface area contributed by atoms with E-state index in [0.717, 1.165) is 38.2 Å². The normalized spacial score (nSPS) is 15.3. The van der Waals surface area contributed by atoms with Crippen LogP contribution in [0, 0.1) is 0 Å². The molecule has 0 spiro atoms. The van der Waals surface area contributed by atoms with Crippen LogP contribution in [0.2, 0.25) is 0 Å². The molecule has 5 aromatic rings. The molecule has 11 heteroatoms. The van der Waals surface area contributed by atoms with Crippen molar-refractivity contribution in [2.75, 3.05) is 35.7 Å². The van der Waals surface area contributed by atoms with Crippen LogP contribution in [0.4, 0.5) is 27.7 Å². The molecule has 2 aromatic heterocycles. The van der Waals surface area contributed by atoms with E-state index in [9.17, 15) is 9.59 Å². The van der Waals surface area contributed by atoms with Crippen LogP contribution in [0.5, 0.6) is 11.5 Å². The van der Waals surface area contributed by atoms with Crippen LogP contribution in [0.1, 0.15) is 28.1 Å². The second kappa shape index (κ2) is 12.0. The van der Waals surface area contributed by atoms with Gasteiger partial charge in [-0.05, 0) is 66.9 Å². The van der Waals surface area contributed by atoms with E-state index in [-0.39, 0.29) is 5.91 Å². The number of urea groups is 1. The van der Waals surface area contributed by atoms with Gasteiger partial charge in [-0.2, -0.15) is 0 Å². The summed E-state index contributed by atoms with van der Waals surface area (Å²) in [5, 5.41) is 6.52. The van der Waals surface area contributed by atoms with E-state index in [4.69, 9.17) is 9.47 Å². The Balaban J connectivity index is 1.08. The Bertz CT molecular complexity index is 1800. The van der Waals surface area contributed by atoms with Gasteiger partial charge in [-0.3, -0.25) is 9.69 Å². The van der Waals surface area contributed by atoms with Crippen molar-refractivity contribution in [3.63, 3.8) is 0 Å². The first-order chi connectivity index (χ1) is 21.6. The molecular weight excluding hydrogens is 576 g/mol. The fraction of sp³-hybridized carbons (Fsp3) is 0.212. The van der Waals surface area contributed by atoms with Gasteiger partial charge in [-0.25, -0.2) is 19.7 Å². The summed E-state index contributed by atoms with van der Waals surface area (Å²) in [6.07, 6.45) is 3.84. The number of piperidine rings is 1. The van der Waals surface area contributed by atoms with E-state index in [1.54, 1.807) is 31.4 Å². The SMILES string of the molecule is COC1CCN(Cc2ccc(NC(=O)c3sc4ncnc5c4c3NC(=O)N5c3ccc(Oc4ccccc4)cc3)cc2)CC1. The van der Waals surface area contributed by atoms with Gasteiger partial charge in [0.1, 0.15) is 27.5 Å². The fourth-order valence-electron chi connectivity index (χ4n) is 5.60. The molecule has 4 heterocycles. The maximum absolute atomic E-state index is 13.5. The lowest BCUT2D eigenvalue weighted by atomic mass is 10.1. The number of thiophene rings is 1. The molecule has 2 aliphatic rings. The van der Waals surface area contributed by atoms with Gasteiger partial charge >= 0.3 is 6.03 Å². The lowest BCUT2D eigenvalue weighted by Gasteiger charge is -2.31. The molecule has 222 valence electrons. The number of anilines is 4.